The quantitative estimate of drug-likeness (QED) is 0.605. The van der Waals surface area contributed by atoms with Gasteiger partial charge in [-0.05, 0) is 35.3 Å². The topological polar surface area (TPSA) is 90.5 Å². The number of imide groups is 1. The summed E-state index contributed by atoms with van der Waals surface area (Å²) in [4.78, 5) is 37.7. The first-order valence-corrected chi connectivity index (χ1v) is 11.3. The highest BCUT2D eigenvalue weighted by atomic mass is 16.2. The number of nitrogens with one attached hydrogen (secondary N) is 3. The molecule has 7 nitrogen and oxygen atoms in total. The molecule has 1 atom stereocenters. The second-order valence-corrected chi connectivity index (χ2v) is 10.2. The van der Waals surface area contributed by atoms with Gasteiger partial charge in [-0.25, -0.2) is 4.79 Å². The molecule has 1 heterocycles. The van der Waals surface area contributed by atoms with Crippen LogP contribution >= 0.6 is 0 Å². The maximum absolute atomic E-state index is 12.8. The van der Waals surface area contributed by atoms with Crippen LogP contribution in [-0.4, -0.2) is 34.9 Å². The molecule has 2 aliphatic rings. The second-order valence-electron chi connectivity index (χ2n) is 10.2. The number of rotatable bonds is 6. The van der Waals surface area contributed by atoms with Gasteiger partial charge in [0.25, 0.3) is 11.8 Å². The Morgan fingerprint density at radius 3 is 2.26 bits per heavy atom. The molecule has 2 fully saturated rings. The van der Waals surface area contributed by atoms with Crippen molar-refractivity contribution in [1.82, 2.24) is 21.1 Å². The number of hydrazine groups is 1. The normalized spacial score (nSPS) is 19.6. The summed E-state index contributed by atoms with van der Waals surface area (Å²) >= 11 is 0. The van der Waals surface area contributed by atoms with Gasteiger partial charge in [-0.15, -0.1) is 0 Å². The highest BCUT2D eigenvalue weighted by Gasteiger charge is 2.52. The second kappa shape index (κ2) is 8.99. The van der Waals surface area contributed by atoms with Crippen LogP contribution in [0.4, 0.5) is 4.79 Å². The molecule has 3 rings (SSSR count). The van der Waals surface area contributed by atoms with Crippen LogP contribution in [0.25, 0.3) is 0 Å². The van der Waals surface area contributed by atoms with Crippen molar-refractivity contribution in [2.24, 2.45) is 5.92 Å². The Morgan fingerprint density at radius 2 is 1.71 bits per heavy atom. The van der Waals surface area contributed by atoms with Gasteiger partial charge in [0.1, 0.15) is 5.54 Å². The van der Waals surface area contributed by atoms with Crippen LogP contribution in [0.1, 0.15) is 83.9 Å². The molecule has 0 aromatic heterocycles. The minimum absolute atomic E-state index is 0.00787. The summed E-state index contributed by atoms with van der Waals surface area (Å²) in [5.74, 6) is -0.493. The van der Waals surface area contributed by atoms with Crippen LogP contribution in [0.5, 0.6) is 0 Å². The Labute approximate surface area is 185 Å². The Kier molecular flexibility index (Phi) is 6.74. The molecule has 4 amide bonds. The van der Waals surface area contributed by atoms with Crippen molar-refractivity contribution >= 4 is 17.8 Å². The molecule has 1 aliphatic heterocycles. The lowest BCUT2D eigenvalue weighted by molar-refractivity contribution is -0.139. The van der Waals surface area contributed by atoms with E-state index in [0.717, 1.165) is 29.8 Å². The van der Waals surface area contributed by atoms with Gasteiger partial charge >= 0.3 is 6.03 Å². The fraction of sp³-hybridized carbons (Fsp3) is 0.625. The lowest BCUT2D eigenvalue weighted by atomic mass is 9.82. The standard InChI is InChI=1S/C24H36N4O3/c1-16(2)20(17-9-11-18(12-10-17)23(3,4)5)25-15-19(29)27-28-21(30)24(26-22(28)31)13-7-6-8-14-24/h9-12,16,20,25H,6-8,13-15H2,1-5H3,(H,26,31)(H,27,29)/t20-/m1/s1. The zero-order valence-corrected chi connectivity index (χ0v) is 19.4. The maximum Gasteiger partial charge on any atom is 0.344 e. The number of benzene rings is 1. The third-order valence-corrected chi connectivity index (χ3v) is 6.39. The van der Waals surface area contributed by atoms with Crippen LogP contribution < -0.4 is 16.1 Å². The van der Waals surface area contributed by atoms with Crippen molar-refractivity contribution in [2.45, 2.75) is 83.7 Å². The summed E-state index contributed by atoms with van der Waals surface area (Å²) in [5.41, 5.74) is 4.09. The van der Waals surface area contributed by atoms with Gasteiger partial charge in [0.05, 0.1) is 6.54 Å². The fourth-order valence-corrected chi connectivity index (χ4v) is 4.51. The molecule has 1 saturated heterocycles. The summed E-state index contributed by atoms with van der Waals surface area (Å²) in [6, 6.07) is 7.89. The van der Waals surface area contributed by atoms with Gasteiger partial charge in [-0.2, -0.15) is 5.01 Å². The number of nitrogens with zero attached hydrogens (tertiary/aromatic N) is 1. The van der Waals surface area contributed by atoms with E-state index in [9.17, 15) is 14.4 Å². The average Bonchev–Trinajstić information content (AvgIpc) is 2.92. The lowest BCUT2D eigenvalue weighted by Gasteiger charge is -2.30. The minimum atomic E-state index is -0.842. The summed E-state index contributed by atoms with van der Waals surface area (Å²) in [6.45, 7) is 10.7. The zero-order valence-electron chi connectivity index (χ0n) is 19.4. The van der Waals surface area contributed by atoms with E-state index in [4.69, 9.17) is 0 Å². The van der Waals surface area contributed by atoms with E-state index in [1.165, 1.54) is 5.56 Å². The fourth-order valence-electron chi connectivity index (χ4n) is 4.51. The van der Waals surface area contributed by atoms with E-state index in [0.29, 0.717) is 12.8 Å². The summed E-state index contributed by atoms with van der Waals surface area (Å²) in [7, 11) is 0. The molecular weight excluding hydrogens is 392 g/mol. The first-order chi connectivity index (χ1) is 14.5. The molecule has 170 valence electrons. The number of urea groups is 1. The number of hydrogen-bond donors (Lipinski definition) is 3. The predicted molar refractivity (Wildman–Crippen MR) is 120 cm³/mol. The van der Waals surface area contributed by atoms with E-state index in [1.54, 1.807) is 0 Å². The van der Waals surface area contributed by atoms with Crippen molar-refractivity contribution in [2.75, 3.05) is 6.54 Å². The molecule has 1 spiro atoms. The van der Waals surface area contributed by atoms with E-state index >= 15 is 0 Å². The first kappa shape index (κ1) is 23.3. The Bertz CT molecular complexity index is 820. The largest absolute Gasteiger partial charge is 0.344 e. The smallest absolute Gasteiger partial charge is 0.322 e. The third kappa shape index (κ3) is 5.09. The number of carbonyl (C=O) groups is 3. The van der Waals surface area contributed by atoms with Gasteiger partial charge in [-0.3, -0.25) is 15.0 Å². The van der Waals surface area contributed by atoms with Gasteiger partial charge in [0, 0.05) is 6.04 Å². The lowest BCUT2D eigenvalue weighted by Crippen LogP contribution is -2.52. The molecule has 0 bridgehead atoms. The molecule has 1 aromatic carbocycles. The molecule has 0 radical (unpaired) electrons. The zero-order chi connectivity index (χ0) is 22.8. The molecule has 0 unspecified atom stereocenters. The number of amides is 4. The SMILES string of the molecule is CC(C)[C@@H](NCC(=O)NN1C(=O)NC2(CCCCC2)C1=O)c1ccc(C(C)(C)C)cc1. The van der Waals surface area contributed by atoms with Crippen molar-refractivity contribution in [3.63, 3.8) is 0 Å². The van der Waals surface area contributed by atoms with Gasteiger partial charge in [0.15, 0.2) is 0 Å². The van der Waals surface area contributed by atoms with Gasteiger partial charge in [0.2, 0.25) is 0 Å². The van der Waals surface area contributed by atoms with Crippen molar-refractivity contribution in [1.29, 1.82) is 0 Å². The third-order valence-electron chi connectivity index (χ3n) is 6.39. The van der Waals surface area contributed by atoms with Gasteiger partial charge < -0.3 is 10.6 Å². The molecule has 31 heavy (non-hydrogen) atoms. The summed E-state index contributed by atoms with van der Waals surface area (Å²) in [6.07, 6.45) is 4.12. The molecule has 1 aromatic rings. The molecular formula is C24H36N4O3. The number of carbonyl (C=O) groups excluding carboxylic acids is 3. The van der Waals surface area contributed by atoms with Gasteiger partial charge in [-0.1, -0.05) is 78.1 Å². The molecule has 1 saturated carbocycles. The molecule has 7 heteroatoms. The molecule has 3 N–H and O–H groups in total. The first-order valence-electron chi connectivity index (χ1n) is 11.3. The van der Waals surface area contributed by atoms with Crippen LogP contribution in [0.3, 0.4) is 0 Å². The summed E-state index contributed by atoms with van der Waals surface area (Å²) < 4.78 is 0. The van der Waals surface area contributed by atoms with Crippen molar-refractivity contribution in [3.05, 3.63) is 35.4 Å². The number of hydrogen-bond acceptors (Lipinski definition) is 4. The van der Waals surface area contributed by atoms with E-state index in [-0.39, 0.29) is 29.8 Å². The van der Waals surface area contributed by atoms with E-state index < -0.39 is 17.5 Å². The Morgan fingerprint density at radius 1 is 1.10 bits per heavy atom. The van der Waals surface area contributed by atoms with Crippen LogP contribution in [0.15, 0.2) is 24.3 Å². The predicted octanol–water partition coefficient (Wildman–Crippen LogP) is 3.56. The van der Waals surface area contributed by atoms with Crippen molar-refractivity contribution in [3.8, 4) is 0 Å². The van der Waals surface area contributed by atoms with Crippen LogP contribution in [0.2, 0.25) is 0 Å². The Balaban J connectivity index is 1.60. The minimum Gasteiger partial charge on any atom is -0.322 e. The summed E-state index contributed by atoms with van der Waals surface area (Å²) in [5, 5.41) is 6.95. The highest BCUT2D eigenvalue weighted by Crippen LogP contribution is 2.33. The molecule has 1 aliphatic carbocycles. The average molecular weight is 429 g/mol. The Hall–Kier alpha value is -2.41. The van der Waals surface area contributed by atoms with E-state index in [2.05, 4.69) is 74.9 Å². The maximum atomic E-state index is 12.8. The van der Waals surface area contributed by atoms with Crippen LogP contribution in [-0.2, 0) is 15.0 Å². The van der Waals surface area contributed by atoms with E-state index in [1.807, 2.05) is 0 Å². The highest BCUT2D eigenvalue weighted by molar-refractivity contribution is 6.08. The van der Waals surface area contributed by atoms with Crippen LogP contribution in [0, 0.1) is 5.92 Å². The monoisotopic (exact) mass is 428 g/mol. The van der Waals surface area contributed by atoms with Crippen molar-refractivity contribution < 1.29 is 14.4 Å².